The van der Waals surface area contributed by atoms with Gasteiger partial charge in [-0.1, -0.05) is 19.1 Å². The van der Waals surface area contributed by atoms with Crippen molar-refractivity contribution in [3.63, 3.8) is 0 Å². The summed E-state index contributed by atoms with van der Waals surface area (Å²) >= 11 is 0. The van der Waals surface area contributed by atoms with Gasteiger partial charge in [-0.15, -0.1) is 0 Å². The van der Waals surface area contributed by atoms with E-state index in [1.165, 1.54) is 24.3 Å². The smallest absolute Gasteiger partial charge is 0.123 e. The third kappa shape index (κ3) is 5.28. The second-order valence-electron chi connectivity index (χ2n) is 8.14. The van der Waals surface area contributed by atoms with E-state index in [4.69, 9.17) is 0 Å². The van der Waals surface area contributed by atoms with Gasteiger partial charge in [-0.05, 0) is 54.9 Å². The molecule has 0 N–H and O–H groups in total. The van der Waals surface area contributed by atoms with Crippen molar-refractivity contribution in [2.75, 3.05) is 75.2 Å². The monoisotopic (exact) mass is 396 g/mol. The first-order valence-corrected chi connectivity index (χ1v) is 11.0. The average Bonchev–Trinajstić information content (AvgIpc) is 2.79. The summed E-state index contributed by atoms with van der Waals surface area (Å²) in [5.74, 6) is -0.165. The highest BCUT2D eigenvalue weighted by atomic mass is 19.1. The summed E-state index contributed by atoms with van der Waals surface area (Å²) < 4.78 is 13.1. The molecular weight excluding hydrogens is 363 g/mol. The third-order valence-electron chi connectivity index (χ3n) is 6.40. The van der Waals surface area contributed by atoms with Crippen LogP contribution < -0.4 is 9.80 Å². The summed E-state index contributed by atoms with van der Waals surface area (Å²) in [4.78, 5) is 9.91. The van der Waals surface area contributed by atoms with E-state index < -0.39 is 0 Å². The summed E-state index contributed by atoms with van der Waals surface area (Å²) in [6.07, 6.45) is 1.10. The molecule has 4 rings (SSSR count). The van der Waals surface area contributed by atoms with Crippen molar-refractivity contribution in [1.82, 2.24) is 9.80 Å². The Morgan fingerprint density at radius 2 is 1.14 bits per heavy atom. The van der Waals surface area contributed by atoms with Crippen LogP contribution in [0.3, 0.4) is 0 Å². The molecule has 2 aliphatic rings. The Labute approximate surface area is 174 Å². The van der Waals surface area contributed by atoms with Gasteiger partial charge in [-0.3, -0.25) is 4.90 Å². The van der Waals surface area contributed by atoms with Gasteiger partial charge in [0.1, 0.15) is 5.82 Å². The fraction of sp³-hybridized carbons (Fsp3) is 0.500. The molecule has 2 aliphatic heterocycles. The van der Waals surface area contributed by atoms with Crippen LogP contribution in [0.4, 0.5) is 15.8 Å². The van der Waals surface area contributed by atoms with E-state index in [2.05, 4.69) is 50.8 Å². The SMILES string of the molecule is CCN1CCN(c2ccc(CCN3CCN(c4ccc(F)cc4)CC3)cc2)CC1. The molecule has 5 heteroatoms. The van der Waals surface area contributed by atoms with Crippen LogP contribution in [0.2, 0.25) is 0 Å². The van der Waals surface area contributed by atoms with E-state index in [1.807, 2.05) is 12.1 Å². The minimum Gasteiger partial charge on any atom is -0.369 e. The van der Waals surface area contributed by atoms with Gasteiger partial charge in [0.15, 0.2) is 0 Å². The Morgan fingerprint density at radius 3 is 1.66 bits per heavy atom. The first-order valence-electron chi connectivity index (χ1n) is 11.0. The van der Waals surface area contributed by atoms with Crippen molar-refractivity contribution >= 4 is 11.4 Å². The summed E-state index contributed by atoms with van der Waals surface area (Å²) in [5, 5.41) is 0. The van der Waals surface area contributed by atoms with Crippen LogP contribution in [0.25, 0.3) is 0 Å². The quantitative estimate of drug-likeness (QED) is 0.742. The van der Waals surface area contributed by atoms with Gasteiger partial charge in [0.2, 0.25) is 0 Å². The Bertz CT molecular complexity index is 745. The Kier molecular flexibility index (Phi) is 6.67. The molecule has 156 valence electrons. The molecule has 2 heterocycles. The van der Waals surface area contributed by atoms with Crippen LogP contribution >= 0.6 is 0 Å². The summed E-state index contributed by atoms with van der Waals surface area (Å²) in [6.45, 7) is 13.3. The summed E-state index contributed by atoms with van der Waals surface area (Å²) in [5.41, 5.74) is 3.90. The topological polar surface area (TPSA) is 13.0 Å². The molecule has 0 aliphatic carbocycles. The van der Waals surface area contributed by atoms with Crippen molar-refractivity contribution in [3.8, 4) is 0 Å². The standard InChI is InChI=1S/C24H33FN4/c1-2-26-13-17-28(18-14-26)23-7-3-21(4-8-23)11-12-27-15-19-29(20-16-27)24-9-5-22(25)6-10-24/h3-10H,2,11-20H2,1H3. The van der Waals surface area contributed by atoms with Crippen LogP contribution in [-0.4, -0.2) is 75.2 Å². The fourth-order valence-corrected chi connectivity index (χ4v) is 4.36. The van der Waals surface area contributed by atoms with Gasteiger partial charge in [0, 0.05) is 70.3 Å². The Hall–Kier alpha value is -2.11. The van der Waals surface area contributed by atoms with Gasteiger partial charge in [0.25, 0.3) is 0 Å². The lowest BCUT2D eigenvalue weighted by Gasteiger charge is -2.36. The number of anilines is 2. The molecule has 0 unspecified atom stereocenters. The first-order chi connectivity index (χ1) is 14.2. The maximum atomic E-state index is 13.1. The van der Waals surface area contributed by atoms with E-state index >= 15 is 0 Å². The van der Waals surface area contributed by atoms with E-state index in [0.717, 1.165) is 64.5 Å². The van der Waals surface area contributed by atoms with Crippen molar-refractivity contribution < 1.29 is 4.39 Å². The number of benzene rings is 2. The molecule has 4 nitrogen and oxygen atoms in total. The largest absolute Gasteiger partial charge is 0.369 e. The van der Waals surface area contributed by atoms with E-state index in [0.29, 0.717) is 0 Å². The van der Waals surface area contributed by atoms with Crippen molar-refractivity contribution in [2.45, 2.75) is 13.3 Å². The molecule has 2 aromatic carbocycles. The Balaban J connectivity index is 1.21. The number of piperazine rings is 2. The lowest BCUT2D eigenvalue weighted by Crippen LogP contribution is -2.47. The number of rotatable bonds is 6. The van der Waals surface area contributed by atoms with Gasteiger partial charge < -0.3 is 14.7 Å². The molecule has 0 amide bonds. The first kappa shape index (κ1) is 20.2. The number of nitrogens with zero attached hydrogens (tertiary/aromatic N) is 4. The molecule has 2 fully saturated rings. The minimum absolute atomic E-state index is 0.165. The zero-order valence-electron chi connectivity index (χ0n) is 17.6. The number of hydrogen-bond acceptors (Lipinski definition) is 4. The van der Waals surface area contributed by atoms with Crippen LogP contribution in [0.1, 0.15) is 12.5 Å². The van der Waals surface area contributed by atoms with Gasteiger partial charge in [0.05, 0.1) is 0 Å². The van der Waals surface area contributed by atoms with Gasteiger partial charge >= 0.3 is 0 Å². The molecule has 29 heavy (non-hydrogen) atoms. The third-order valence-corrected chi connectivity index (χ3v) is 6.40. The second kappa shape index (κ2) is 9.59. The van der Waals surface area contributed by atoms with Crippen LogP contribution in [-0.2, 0) is 6.42 Å². The highest BCUT2D eigenvalue weighted by Crippen LogP contribution is 2.19. The van der Waals surface area contributed by atoms with Crippen molar-refractivity contribution in [3.05, 3.63) is 59.9 Å². The van der Waals surface area contributed by atoms with Crippen LogP contribution in [0.5, 0.6) is 0 Å². The summed E-state index contributed by atoms with van der Waals surface area (Å²) in [6, 6.07) is 16.1. The van der Waals surface area contributed by atoms with Crippen LogP contribution in [0.15, 0.2) is 48.5 Å². The van der Waals surface area contributed by atoms with Crippen molar-refractivity contribution in [1.29, 1.82) is 0 Å². The normalized spacial score (nSPS) is 19.0. The molecule has 0 atom stereocenters. The molecule has 0 radical (unpaired) electrons. The maximum absolute atomic E-state index is 13.1. The van der Waals surface area contributed by atoms with Gasteiger partial charge in [-0.2, -0.15) is 0 Å². The van der Waals surface area contributed by atoms with E-state index in [-0.39, 0.29) is 5.82 Å². The lowest BCUT2D eigenvalue weighted by molar-refractivity contribution is 0.261. The Morgan fingerprint density at radius 1 is 0.655 bits per heavy atom. The van der Waals surface area contributed by atoms with E-state index in [1.54, 1.807) is 12.1 Å². The molecule has 0 spiro atoms. The minimum atomic E-state index is -0.165. The molecule has 0 saturated carbocycles. The highest BCUT2D eigenvalue weighted by molar-refractivity contribution is 5.48. The lowest BCUT2D eigenvalue weighted by atomic mass is 10.1. The fourth-order valence-electron chi connectivity index (χ4n) is 4.36. The zero-order chi connectivity index (χ0) is 20.1. The number of halogens is 1. The highest BCUT2D eigenvalue weighted by Gasteiger charge is 2.18. The molecule has 2 saturated heterocycles. The molecule has 0 bridgehead atoms. The van der Waals surface area contributed by atoms with Gasteiger partial charge in [-0.25, -0.2) is 4.39 Å². The second-order valence-corrected chi connectivity index (χ2v) is 8.14. The predicted octanol–water partition coefficient (Wildman–Crippen LogP) is 3.33. The molecule has 0 aromatic heterocycles. The van der Waals surface area contributed by atoms with Crippen molar-refractivity contribution in [2.24, 2.45) is 0 Å². The number of hydrogen-bond donors (Lipinski definition) is 0. The summed E-state index contributed by atoms with van der Waals surface area (Å²) in [7, 11) is 0. The van der Waals surface area contributed by atoms with Crippen LogP contribution in [0, 0.1) is 5.82 Å². The average molecular weight is 397 g/mol. The van der Waals surface area contributed by atoms with E-state index in [9.17, 15) is 4.39 Å². The predicted molar refractivity (Wildman–Crippen MR) is 120 cm³/mol. The number of likely N-dealkylation sites (N-methyl/N-ethyl adjacent to an activating group) is 1. The molecular formula is C24H33FN4. The maximum Gasteiger partial charge on any atom is 0.123 e. The molecule has 2 aromatic rings. The zero-order valence-corrected chi connectivity index (χ0v) is 17.6.